The van der Waals surface area contributed by atoms with Crippen molar-refractivity contribution in [3.63, 3.8) is 0 Å². The van der Waals surface area contributed by atoms with Crippen molar-refractivity contribution < 1.29 is 4.74 Å². The molecule has 0 atom stereocenters. The van der Waals surface area contributed by atoms with Crippen LogP contribution in [0.3, 0.4) is 0 Å². The SMILES string of the molecule is CCOCCCCNC(=NC)NCCc1cccc(C)c1. The molecule has 0 fully saturated rings. The van der Waals surface area contributed by atoms with Gasteiger partial charge in [-0.3, -0.25) is 4.99 Å². The molecule has 2 N–H and O–H groups in total. The van der Waals surface area contributed by atoms with Crippen molar-refractivity contribution in [2.75, 3.05) is 33.4 Å². The van der Waals surface area contributed by atoms with E-state index in [1.807, 2.05) is 14.0 Å². The highest BCUT2D eigenvalue weighted by Gasteiger charge is 1.98. The van der Waals surface area contributed by atoms with Crippen LogP contribution >= 0.6 is 0 Å². The molecule has 1 aromatic rings. The fourth-order valence-electron chi connectivity index (χ4n) is 2.09. The zero-order chi connectivity index (χ0) is 15.3. The molecule has 0 aliphatic rings. The summed E-state index contributed by atoms with van der Waals surface area (Å²) in [7, 11) is 1.81. The van der Waals surface area contributed by atoms with Crippen molar-refractivity contribution in [2.45, 2.75) is 33.1 Å². The minimum Gasteiger partial charge on any atom is -0.382 e. The third kappa shape index (κ3) is 8.35. The summed E-state index contributed by atoms with van der Waals surface area (Å²) in [5.74, 6) is 0.874. The number of benzene rings is 1. The molecule has 118 valence electrons. The summed E-state index contributed by atoms with van der Waals surface area (Å²) in [4.78, 5) is 4.23. The molecule has 21 heavy (non-hydrogen) atoms. The normalized spacial score (nSPS) is 11.5. The topological polar surface area (TPSA) is 45.6 Å². The number of guanidine groups is 1. The van der Waals surface area contributed by atoms with Crippen LogP contribution in [0.4, 0.5) is 0 Å². The summed E-state index contributed by atoms with van der Waals surface area (Å²) in [5.41, 5.74) is 2.67. The zero-order valence-electron chi connectivity index (χ0n) is 13.6. The van der Waals surface area contributed by atoms with Gasteiger partial charge in [0.25, 0.3) is 0 Å². The lowest BCUT2D eigenvalue weighted by Gasteiger charge is -2.12. The lowest BCUT2D eigenvalue weighted by molar-refractivity contribution is 0.143. The predicted molar refractivity (Wildman–Crippen MR) is 90.0 cm³/mol. The average molecular weight is 291 g/mol. The number of aryl methyl sites for hydroxylation is 1. The highest BCUT2D eigenvalue weighted by molar-refractivity contribution is 5.79. The molecule has 0 aromatic heterocycles. The average Bonchev–Trinajstić information content (AvgIpc) is 2.49. The second-order valence-electron chi connectivity index (χ2n) is 5.07. The first-order valence-electron chi connectivity index (χ1n) is 7.84. The molecule has 0 unspecified atom stereocenters. The summed E-state index contributed by atoms with van der Waals surface area (Å²) in [5, 5.41) is 6.67. The molecule has 1 aromatic carbocycles. The van der Waals surface area contributed by atoms with Crippen LogP contribution < -0.4 is 10.6 Å². The first kappa shape index (κ1) is 17.5. The van der Waals surface area contributed by atoms with Gasteiger partial charge in [0.05, 0.1) is 0 Å². The number of unbranched alkanes of at least 4 members (excludes halogenated alkanes) is 1. The molecule has 4 nitrogen and oxygen atoms in total. The van der Waals surface area contributed by atoms with Crippen LogP contribution in [-0.4, -0.2) is 39.3 Å². The Morgan fingerprint density at radius 1 is 1.19 bits per heavy atom. The van der Waals surface area contributed by atoms with Crippen LogP contribution in [0.15, 0.2) is 29.3 Å². The van der Waals surface area contributed by atoms with Crippen molar-refractivity contribution in [3.8, 4) is 0 Å². The number of ether oxygens (including phenoxy) is 1. The van der Waals surface area contributed by atoms with E-state index < -0.39 is 0 Å². The fourth-order valence-corrected chi connectivity index (χ4v) is 2.09. The Bertz CT molecular complexity index is 418. The lowest BCUT2D eigenvalue weighted by atomic mass is 10.1. The van der Waals surface area contributed by atoms with Crippen molar-refractivity contribution in [3.05, 3.63) is 35.4 Å². The van der Waals surface area contributed by atoms with Gasteiger partial charge in [-0.1, -0.05) is 29.8 Å². The van der Waals surface area contributed by atoms with Gasteiger partial charge in [-0.15, -0.1) is 0 Å². The molecule has 0 saturated carbocycles. The van der Waals surface area contributed by atoms with Gasteiger partial charge in [-0.2, -0.15) is 0 Å². The molecule has 0 bridgehead atoms. The van der Waals surface area contributed by atoms with E-state index in [4.69, 9.17) is 4.74 Å². The van der Waals surface area contributed by atoms with E-state index in [1.54, 1.807) is 0 Å². The van der Waals surface area contributed by atoms with E-state index >= 15 is 0 Å². The molecule has 0 saturated heterocycles. The van der Waals surface area contributed by atoms with Crippen molar-refractivity contribution in [1.82, 2.24) is 10.6 Å². The van der Waals surface area contributed by atoms with E-state index in [0.717, 1.165) is 51.5 Å². The zero-order valence-corrected chi connectivity index (χ0v) is 13.6. The van der Waals surface area contributed by atoms with Gasteiger partial charge >= 0.3 is 0 Å². The number of nitrogens with one attached hydrogen (secondary N) is 2. The van der Waals surface area contributed by atoms with Gasteiger partial charge in [0.2, 0.25) is 0 Å². The Balaban J connectivity index is 2.14. The van der Waals surface area contributed by atoms with E-state index in [0.29, 0.717) is 0 Å². The molecule has 4 heteroatoms. The Labute approximate surface area is 129 Å². The maximum atomic E-state index is 5.32. The Hall–Kier alpha value is -1.55. The van der Waals surface area contributed by atoms with Crippen LogP contribution in [0.5, 0.6) is 0 Å². The monoisotopic (exact) mass is 291 g/mol. The minimum absolute atomic E-state index is 0.801. The van der Waals surface area contributed by atoms with Gasteiger partial charge in [0, 0.05) is 33.4 Å². The smallest absolute Gasteiger partial charge is 0.190 e. The molecule has 0 aliphatic carbocycles. The van der Waals surface area contributed by atoms with Gasteiger partial charge in [-0.25, -0.2) is 0 Å². The summed E-state index contributed by atoms with van der Waals surface area (Å²) in [6, 6.07) is 8.62. The van der Waals surface area contributed by atoms with Gasteiger partial charge in [0.15, 0.2) is 5.96 Å². The first-order chi connectivity index (χ1) is 10.3. The van der Waals surface area contributed by atoms with E-state index in [2.05, 4.69) is 46.8 Å². The van der Waals surface area contributed by atoms with Gasteiger partial charge in [-0.05, 0) is 38.7 Å². The Kier molecular flexibility index (Phi) is 9.29. The molecule has 0 radical (unpaired) electrons. The molecule has 0 aliphatic heterocycles. The number of nitrogens with zero attached hydrogens (tertiary/aromatic N) is 1. The molecule has 1 rings (SSSR count). The number of rotatable bonds is 9. The van der Waals surface area contributed by atoms with Crippen LogP contribution in [0.2, 0.25) is 0 Å². The van der Waals surface area contributed by atoms with Crippen LogP contribution in [0.25, 0.3) is 0 Å². The number of hydrogen-bond acceptors (Lipinski definition) is 2. The third-order valence-corrected chi connectivity index (χ3v) is 3.22. The number of hydrogen-bond donors (Lipinski definition) is 2. The largest absolute Gasteiger partial charge is 0.382 e. The predicted octanol–water partition coefficient (Wildman–Crippen LogP) is 2.52. The fraction of sp³-hybridized carbons (Fsp3) is 0.588. The second-order valence-corrected chi connectivity index (χ2v) is 5.07. The lowest BCUT2D eigenvalue weighted by Crippen LogP contribution is -2.38. The summed E-state index contributed by atoms with van der Waals surface area (Å²) < 4.78 is 5.32. The molecule has 0 amide bonds. The van der Waals surface area contributed by atoms with Crippen LogP contribution in [-0.2, 0) is 11.2 Å². The van der Waals surface area contributed by atoms with Crippen molar-refractivity contribution >= 4 is 5.96 Å². The van der Waals surface area contributed by atoms with E-state index in [9.17, 15) is 0 Å². The van der Waals surface area contributed by atoms with Crippen molar-refractivity contribution in [1.29, 1.82) is 0 Å². The second kappa shape index (κ2) is 11.1. The quantitative estimate of drug-likeness (QED) is 0.417. The summed E-state index contributed by atoms with van der Waals surface area (Å²) in [6.07, 6.45) is 3.19. The van der Waals surface area contributed by atoms with Crippen molar-refractivity contribution in [2.24, 2.45) is 4.99 Å². The standard InChI is InChI=1S/C17H29N3O/c1-4-21-13-6-5-11-19-17(18-3)20-12-10-16-9-7-8-15(2)14-16/h7-9,14H,4-6,10-13H2,1-3H3,(H2,18,19,20). The van der Waals surface area contributed by atoms with Gasteiger partial charge < -0.3 is 15.4 Å². The van der Waals surface area contributed by atoms with E-state index in [-0.39, 0.29) is 0 Å². The molecular weight excluding hydrogens is 262 g/mol. The Morgan fingerprint density at radius 3 is 2.71 bits per heavy atom. The van der Waals surface area contributed by atoms with Gasteiger partial charge in [0.1, 0.15) is 0 Å². The minimum atomic E-state index is 0.801. The maximum Gasteiger partial charge on any atom is 0.190 e. The van der Waals surface area contributed by atoms with E-state index in [1.165, 1.54) is 11.1 Å². The third-order valence-electron chi connectivity index (χ3n) is 3.22. The molecular formula is C17H29N3O. The van der Waals surface area contributed by atoms with Crippen LogP contribution in [0.1, 0.15) is 30.9 Å². The molecule has 0 heterocycles. The summed E-state index contributed by atoms with van der Waals surface area (Å²) in [6.45, 7) is 7.62. The summed E-state index contributed by atoms with van der Waals surface area (Å²) >= 11 is 0. The highest BCUT2D eigenvalue weighted by Crippen LogP contribution is 2.03. The number of aliphatic imine (C=N–C) groups is 1. The highest BCUT2D eigenvalue weighted by atomic mass is 16.5. The molecule has 0 spiro atoms. The first-order valence-corrected chi connectivity index (χ1v) is 7.84. The van der Waals surface area contributed by atoms with Crippen LogP contribution in [0, 0.1) is 6.92 Å². The Morgan fingerprint density at radius 2 is 2.00 bits per heavy atom. The maximum absolute atomic E-state index is 5.32.